The van der Waals surface area contributed by atoms with Gasteiger partial charge in [-0.05, 0) is 94.0 Å². The summed E-state index contributed by atoms with van der Waals surface area (Å²) in [4.78, 5) is 4.57. The van der Waals surface area contributed by atoms with Crippen LogP contribution in [0.25, 0.3) is 22.3 Å². The lowest BCUT2D eigenvalue weighted by molar-refractivity contribution is 0.660. The number of hydrogen-bond donors (Lipinski definition) is 0. The smallest absolute Gasteiger partial charge is 0.0462 e. The molecule has 0 unspecified atom stereocenters. The van der Waals surface area contributed by atoms with E-state index in [0.29, 0.717) is 0 Å². The van der Waals surface area contributed by atoms with Crippen LogP contribution < -0.4 is 9.80 Å². The molecular weight excluding hydrogens is 508 g/mol. The molecule has 0 aromatic heterocycles. The van der Waals surface area contributed by atoms with Crippen molar-refractivity contribution in [1.29, 1.82) is 0 Å². The molecule has 0 fully saturated rings. The second kappa shape index (κ2) is 10.4. The SMILES string of the molecule is CN(c1ccc(-c2ccc(N(c3ccccc3)c3ccccc3)cc2)cc1)c1ccc2c(c1)C(C)(C)c1ccccc1-2. The third-order valence-corrected chi connectivity index (χ3v) is 8.70. The molecule has 6 aromatic carbocycles. The topological polar surface area (TPSA) is 6.48 Å². The van der Waals surface area contributed by atoms with E-state index < -0.39 is 0 Å². The number of hydrogen-bond acceptors (Lipinski definition) is 2. The number of benzene rings is 6. The van der Waals surface area contributed by atoms with Crippen LogP contribution in [0.5, 0.6) is 0 Å². The van der Waals surface area contributed by atoms with Gasteiger partial charge >= 0.3 is 0 Å². The first-order valence-electron chi connectivity index (χ1n) is 14.6. The van der Waals surface area contributed by atoms with Crippen molar-refractivity contribution in [3.8, 4) is 22.3 Å². The first-order chi connectivity index (χ1) is 20.5. The standard InChI is InChI=1S/C40H34N2/c1-40(2)38-17-11-10-16-36(38)37-27-26-35(28-39(37)40)41(3)31-22-18-29(19-23-31)30-20-24-34(25-21-30)42(32-12-6-4-7-13-32)33-14-8-5-9-15-33/h4-28H,1-3H3. The summed E-state index contributed by atoms with van der Waals surface area (Å²) in [5.41, 5.74) is 13.7. The Morgan fingerprint density at radius 3 is 1.45 bits per heavy atom. The molecule has 0 amide bonds. The molecule has 1 aliphatic rings. The maximum Gasteiger partial charge on any atom is 0.0462 e. The second-order valence-electron chi connectivity index (χ2n) is 11.6. The zero-order valence-corrected chi connectivity index (χ0v) is 24.3. The average Bonchev–Trinajstić information content (AvgIpc) is 3.28. The highest BCUT2D eigenvalue weighted by atomic mass is 15.1. The predicted octanol–water partition coefficient (Wildman–Crippen LogP) is 10.9. The van der Waals surface area contributed by atoms with E-state index in [2.05, 4.69) is 182 Å². The third-order valence-electron chi connectivity index (χ3n) is 8.70. The van der Waals surface area contributed by atoms with Crippen LogP contribution in [0, 0.1) is 0 Å². The summed E-state index contributed by atoms with van der Waals surface area (Å²) >= 11 is 0. The Bertz CT molecular complexity index is 1800. The molecule has 0 saturated carbocycles. The third kappa shape index (κ3) is 4.46. The van der Waals surface area contributed by atoms with Crippen molar-refractivity contribution in [3.05, 3.63) is 163 Å². The molecule has 0 atom stereocenters. The number of para-hydroxylation sites is 2. The second-order valence-corrected chi connectivity index (χ2v) is 11.6. The van der Waals surface area contributed by atoms with E-state index in [4.69, 9.17) is 0 Å². The van der Waals surface area contributed by atoms with Crippen molar-refractivity contribution < 1.29 is 0 Å². The summed E-state index contributed by atoms with van der Waals surface area (Å²) in [5.74, 6) is 0. The van der Waals surface area contributed by atoms with Gasteiger partial charge in [0.1, 0.15) is 0 Å². The van der Waals surface area contributed by atoms with Gasteiger partial charge in [0.2, 0.25) is 0 Å². The number of fused-ring (bicyclic) bond motifs is 3. The molecular formula is C40H34N2. The van der Waals surface area contributed by atoms with Crippen LogP contribution in [0.1, 0.15) is 25.0 Å². The minimum Gasteiger partial charge on any atom is -0.345 e. The number of anilines is 5. The molecule has 0 heterocycles. The van der Waals surface area contributed by atoms with Gasteiger partial charge in [0, 0.05) is 40.9 Å². The van der Waals surface area contributed by atoms with E-state index in [1.807, 2.05) is 0 Å². The lowest BCUT2D eigenvalue weighted by Gasteiger charge is -2.25. The van der Waals surface area contributed by atoms with E-state index in [1.54, 1.807) is 0 Å². The largest absolute Gasteiger partial charge is 0.345 e. The first kappa shape index (κ1) is 25.9. The highest BCUT2D eigenvalue weighted by molar-refractivity contribution is 5.83. The molecule has 0 N–H and O–H groups in total. The minimum atomic E-state index is -0.00457. The number of rotatable bonds is 6. The highest BCUT2D eigenvalue weighted by Gasteiger charge is 2.35. The van der Waals surface area contributed by atoms with E-state index in [1.165, 1.54) is 44.8 Å². The van der Waals surface area contributed by atoms with Crippen LogP contribution in [-0.2, 0) is 5.41 Å². The van der Waals surface area contributed by atoms with Gasteiger partial charge in [-0.15, -0.1) is 0 Å². The van der Waals surface area contributed by atoms with Gasteiger partial charge in [0.05, 0.1) is 0 Å². The molecule has 7 rings (SSSR count). The van der Waals surface area contributed by atoms with Crippen molar-refractivity contribution in [1.82, 2.24) is 0 Å². The average molecular weight is 543 g/mol. The van der Waals surface area contributed by atoms with Gasteiger partial charge in [-0.25, -0.2) is 0 Å². The summed E-state index contributed by atoms with van der Waals surface area (Å²) in [6, 6.07) is 54.5. The molecule has 0 saturated heterocycles. The minimum absolute atomic E-state index is 0.00457. The summed E-state index contributed by atoms with van der Waals surface area (Å²) in [6.45, 7) is 4.67. The summed E-state index contributed by atoms with van der Waals surface area (Å²) in [6.07, 6.45) is 0. The zero-order valence-electron chi connectivity index (χ0n) is 24.3. The fraction of sp³-hybridized carbons (Fsp3) is 0.100. The Hall–Kier alpha value is -5.08. The molecule has 0 spiro atoms. The molecule has 2 nitrogen and oxygen atoms in total. The van der Waals surface area contributed by atoms with Gasteiger partial charge in [-0.3, -0.25) is 0 Å². The normalized spacial score (nSPS) is 12.8. The van der Waals surface area contributed by atoms with Crippen molar-refractivity contribution in [2.45, 2.75) is 19.3 Å². The summed E-state index contributed by atoms with van der Waals surface area (Å²) < 4.78 is 0. The van der Waals surface area contributed by atoms with E-state index >= 15 is 0 Å². The lowest BCUT2D eigenvalue weighted by atomic mass is 9.82. The van der Waals surface area contributed by atoms with Gasteiger partial charge in [0.25, 0.3) is 0 Å². The Balaban J connectivity index is 1.14. The highest BCUT2D eigenvalue weighted by Crippen LogP contribution is 2.49. The number of nitrogens with zero attached hydrogens (tertiary/aromatic N) is 2. The Labute approximate surface area is 249 Å². The maximum absolute atomic E-state index is 2.37. The monoisotopic (exact) mass is 542 g/mol. The lowest BCUT2D eigenvalue weighted by Crippen LogP contribution is -2.16. The van der Waals surface area contributed by atoms with Crippen molar-refractivity contribution in [2.75, 3.05) is 16.8 Å². The van der Waals surface area contributed by atoms with Gasteiger partial charge < -0.3 is 9.80 Å². The molecule has 0 bridgehead atoms. The van der Waals surface area contributed by atoms with Gasteiger partial charge in [0.15, 0.2) is 0 Å². The Morgan fingerprint density at radius 1 is 0.405 bits per heavy atom. The Kier molecular flexibility index (Phi) is 6.40. The summed E-state index contributed by atoms with van der Waals surface area (Å²) in [5, 5.41) is 0. The van der Waals surface area contributed by atoms with Gasteiger partial charge in [-0.1, -0.05) is 105 Å². The van der Waals surface area contributed by atoms with Crippen LogP contribution >= 0.6 is 0 Å². The van der Waals surface area contributed by atoms with Crippen LogP contribution in [0.4, 0.5) is 28.4 Å². The quantitative estimate of drug-likeness (QED) is 0.206. The molecule has 0 radical (unpaired) electrons. The molecule has 2 heteroatoms. The van der Waals surface area contributed by atoms with E-state index in [9.17, 15) is 0 Å². The molecule has 42 heavy (non-hydrogen) atoms. The predicted molar refractivity (Wildman–Crippen MR) is 179 cm³/mol. The van der Waals surface area contributed by atoms with Crippen LogP contribution in [0.2, 0.25) is 0 Å². The maximum atomic E-state index is 2.37. The van der Waals surface area contributed by atoms with E-state index in [-0.39, 0.29) is 5.41 Å². The van der Waals surface area contributed by atoms with Crippen LogP contribution in [0.3, 0.4) is 0 Å². The van der Waals surface area contributed by atoms with Crippen LogP contribution in [0.15, 0.2) is 152 Å². The first-order valence-corrected chi connectivity index (χ1v) is 14.6. The van der Waals surface area contributed by atoms with Gasteiger partial charge in [-0.2, -0.15) is 0 Å². The fourth-order valence-electron chi connectivity index (χ4n) is 6.33. The fourth-order valence-corrected chi connectivity index (χ4v) is 6.33. The van der Waals surface area contributed by atoms with Crippen molar-refractivity contribution in [3.63, 3.8) is 0 Å². The summed E-state index contributed by atoms with van der Waals surface area (Å²) in [7, 11) is 2.16. The molecule has 6 aromatic rings. The van der Waals surface area contributed by atoms with Crippen LogP contribution in [-0.4, -0.2) is 7.05 Å². The molecule has 0 aliphatic heterocycles. The van der Waals surface area contributed by atoms with E-state index in [0.717, 1.165) is 17.1 Å². The zero-order chi connectivity index (χ0) is 28.7. The molecule has 1 aliphatic carbocycles. The Morgan fingerprint density at radius 2 is 0.857 bits per heavy atom. The molecule has 204 valence electrons. The van der Waals surface area contributed by atoms with Crippen molar-refractivity contribution in [2.24, 2.45) is 0 Å². The van der Waals surface area contributed by atoms with Crippen molar-refractivity contribution >= 4 is 28.4 Å².